The van der Waals surface area contributed by atoms with Crippen LogP contribution in [0.1, 0.15) is 11.1 Å². The highest BCUT2D eigenvalue weighted by atomic mass is 16.5. The van der Waals surface area contributed by atoms with E-state index in [-0.39, 0.29) is 0 Å². The molecule has 0 bridgehead atoms. The van der Waals surface area contributed by atoms with Gasteiger partial charge in [0, 0.05) is 5.56 Å². The molecule has 0 atom stereocenters. The van der Waals surface area contributed by atoms with Crippen LogP contribution in [0.5, 0.6) is 5.75 Å². The molecule has 0 aliphatic heterocycles. The van der Waals surface area contributed by atoms with Crippen molar-refractivity contribution in [2.45, 2.75) is 6.92 Å². The third-order valence-electron chi connectivity index (χ3n) is 2.40. The Hall–Kier alpha value is -2.20. The molecule has 1 nitrogen and oxygen atoms in total. The Kier molecular flexibility index (Phi) is 3.83. The molecule has 17 heavy (non-hydrogen) atoms. The van der Waals surface area contributed by atoms with Crippen LogP contribution in [-0.4, -0.2) is 6.61 Å². The molecule has 0 amide bonds. The summed E-state index contributed by atoms with van der Waals surface area (Å²) in [7, 11) is 0. The van der Waals surface area contributed by atoms with E-state index in [0.717, 1.165) is 16.9 Å². The zero-order valence-corrected chi connectivity index (χ0v) is 9.81. The van der Waals surface area contributed by atoms with Crippen molar-refractivity contribution in [1.29, 1.82) is 0 Å². The minimum absolute atomic E-state index is 0.416. The quantitative estimate of drug-likeness (QED) is 0.707. The second-order valence-corrected chi connectivity index (χ2v) is 3.72. The average molecular weight is 222 g/mol. The third kappa shape index (κ3) is 3.39. The standard InChI is InChI=1S/C16H14O/c1-14-8-5-6-12-16(14)17-13-7-11-15-9-3-2-4-10-15/h2-6,8-10,12H,13H2,1H3. The van der Waals surface area contributed by atoms with E-state index in [0.29, 0.717) is 6.61 Å². The van der Waals surface area contributed by atoms with Crippen LogP contribution >= 0.6 is 0 Å². The Balaban J connectivity index is 1.93. The number of aryl methyl sites for hydroxylation is 1. The second kappa shape index (κ2) is 5.77. The lowest BCUT2D eigenvalue weighted by molar-refractivity contribution is 0.367. The van der Waals surface area contributed by atoms with Gasteiger partial charge >= 0.3 is 0 Å². The van der Waals surface area contributed by atoms with Gasteiger partial charge in [0.25, 0.3) is 0 Å². The fourth-order valence-electron chi connectivity index (χ4n) is 1.49. The SMILES string of the molecule is Cc1ccccc1OCC#Cc1ccccc1. The van der Waals surface area contributed by atoms with E-state index in [1.54, 1.807) is 0 Å². The minimum atomic E-state index is 0.416. The van der Waals surface area contributed by atoms with Crippen molar-refractivity contribution in [2.75, 3.05) is 6.61 Å². The Morgan fingerprint density at radius 2 is 1.65 bits per heavy atom. The van der Waals surface area contributed by atoms with Gasteiger partial charge in [0.05, 0.1) is 0 Å². The van der Waals surface area contributed by atoms with E-state index in [9.17, 15) is 0 Å². The molecule has 0 saturated carbocycles. The fraction of sp³-hybridized carbons (Fsp3) is 0.125. The summed E-state index contributed by atoms with van der Waals surface area (Å²) in [5.41, 5.74) is 2.15. The maximum Gasteiger partial charge on any atom is 0.149 e. The maximum atomic E-state index is 5.58. The number of benzene rings is 2. The lowest BCUT2D eigenvalue weighted by Gasteiger charge is -2.04. The number of ether oxygens (including phenoxy) is 1. The van der Waals surface area contributed by atoms with Crippen LogP contribution in [-0.2, 0) is 0 Å². The van der Waals surface area contributed by atoms with Gasteiger partial charge in [0.15, 0.2) is 0 Å². The van der Waals surface area contributed by atoms with E-state index < -0.39 is 0 Å². The van der Waals surface area contributed by atoms with Crippen LogP contribution in [0.2, 0.25) is 0 Å². The summed E-state index contributed by atoms with van der Waals surface area (Å²) < 4.78 is 5.58. The lowest BCUT2D eigenvalue weighted by atomic mass is 10.2. The van der Waals surface area contributed by atoms with Crippen LogP contribution in [0.4, 0.5) is 0 Å². The van der Waals surface area contributed by atoms with Gasteiger partial charge in [-0.2, -0.15) is 0 Å². The fourth-order valence-corrected chi connectivity index (χ4v) is 1.49. The number of hydrogen-bond acceptors (Lipinski definition) is 1. The second-order valence-electron chi connectivity index (χ2n) is 3.72. The van der Waals surface area contributed by atoms with E-state index in [1.807, 2.05) is 61.5 Å². The summed E-state index contributed by atoms with van der Waals surface area (Å²) in [6, 6.07) is 17.9. The van der Waals surface area contributed by atoms with E-state index in [4.69, 9.17) is 4.74 Å². The van der Waals surface area contributed by atoms with Crippen LogP contribution in [0.3, 0.4) is 0 Å². The topological polar surface area (TPSA) is 9.23 Å². The first-order chi connectivity index (χ1) is 8.36. The highest BCUT2D eigenvalue weighted by Crippen LogP contribution is 2.15. The predicted octanol–water partition coefficient (Wildman–Crippen LogP) is 3.43. The monoisotopic (exact) mass is 222 g/mol. The van der Waals surface area contributed by atoms with Crippen molar-refractivity contribution in [2.24, 2.45) is 0 Å². The van der Waals surface area contributed by atoms with Gasteiger partial charge in [0.2, 0.25) is 0 Å². The Labute approximate surface area is 102 Å². The third-order valence-corrected chi connectivity index (χ3v) is 2.40. The molecule has 2 rings (SSSR count). The number of rotatable bonds is 2. The summed E-state index contributed by atoms with van der Waals surface area (Å²) in [6.07, 6.45) is 0. The predicted molar refractivity (Wildman–Crippen MR) is 70.0 cm³/mol. The molecule has 0 radical (unpaired) electrons. The van der Waals surface area contributed by atoms with Crippen molar-refractivity contribution in [1.82, 2.24) is 0 Å². The summed E-state index contributed by atoms with van der Waals surface area (Å²) >= 11 is 0. The first-order valence-electron chi connectivity index (χ1n) is 5.58. The molecule has 0 saturated heterocycles. The van der Waals surface area contributed by atoms with Gasteiger partial charge in [-0.25, -0.2) is 0 Å². The van der Waals surface area contributed by atoms with Gasteiger partial charge in [-0.3, -0.25) is 0 Å². The lowest BCUT2D eigenvalue weighted by Crippen LogP contribution is -1.95. The number of para-hydroxylation sites is 1. The van der Waals surface area contributed by atoms with Gasteiger partial charge in [-0.1, -0.05) is 48.2 Å². The minimum Gasteiger partial charge on any atom is -0.481 e. The molecular formula is C16H14O. The normalized spacial score (nSPS) is 9.24. The van der Waals surface area contributed by atoms with Crippen LogP contribution in [0, 0.1) is 18.8 Å². The molecule has 0 fully saturated rings. The highest BCUT2D eigenvalue weighted by molar-refractivity contribution is 5.35. The molecule has 1 heteroatoms. The summed E-state index contributed by atoms with van der Waals surface area (Å²) in [4.78, 5) is 0. The van der Waals surface area contributed by atoms with Crippen molar-refractivity contribution in [3.05, 3.63) is 65.7 Å². The molecule has 0 aliphatic rings. The van der Waals surface area contributed by atoms with Gasteiger partial charge in [-0.05, 0) is 30.7 Å². The molecule has 0 spiro atoms. The Morgan fingerprint density at radius 3 is 2.41 bits per heavy atom. The van der Waals surface area contributed by atoms with Crippen LogP contribution < -0.4 is 4.74 Å². The molecule has 2 aromatic carbocycles. The van der Waals surface area contributed by atoms with Gasteiger partial charge < -0.3 is 4.74 Å². The molecule has 2 aromatic rings. The molecule has 84 valence electrons. The Bertz CT molecular complexity index is 532. The molecular weight excluding hydrogens is 208 g/mol. The van der Waals surface area contributed by atoms with Crippen molar-refractivity contribution < 1.29 is 4.74 Å². The zero-order valence-electron chi connectivity index (χ0n) is 9.81. The number of hydrogen-bond donors (Lipinski definition) is 0. The zero-order chi connectivity index (χ0) is 11.9. The van der Waals surface area contributed by atoms with E-state index in [1.165, 1.54) is 0 Å². The van der Waals surface area contributed by atoms with E-state index >= 15 is 0 Å². The molecule has 0 N–H and O–H groups in total. The van der Waals surface area contributed by atoms with Gasteiger partial charge in [-0.15, -0.1) is 0 Å². The van der Waals surface area contributed by atoms with Crippen molar-refractivity contribution in [3.8, 4) is 17.6 Å². The average Bonchev–Trinajstić information content (AvgIpc) is 2.38. The molecule has 0 unspecified atom stereocenters. The Morgan fingerprint density at radius 1 is 0.941 bits per heavy atom. The van der Waals surface area contributed by atoms with E-state index in [2.05, 4.69) is 11.8 Å². The van der Waals surface area contributed by atoms with Gasteiger partial charge in [0.1, 0.15) is 12.4 Å². The highest BCUT2D eigenvalue weighted by Gasteiger charge is 1.94. The summed E-state index contributed by atoms with van der Waals surface area (Å²) in [5.74, 6) is 6.96. The van der Waals surface area contributed by atoms with Crippen LogP contribution in [0.25, 0.3) is 0 Å². The first-order valence-corrected chi connectivity index (χ1v) is 5.58. The van der Waals surface area contributed by atoms with Crippen molar-refractivity contribution in [3.63, 3.8) is 0 Å². The molecule has 0 aliphatic carbocycles. The smallest absolute Gasteiger partial charge is 0.149 e. The largest absolute Gasteiger partial charge is 0.481 e. The summed E-state index contributed by atoms with van der Waals surface area (Å²) in [5, 5.41) is 0. The first kappa shape index (κ1) is 11.3. The van der Waals surface area contributed by atoms with Crippen LogP contribution in [0.15, 0.2) is 54.6 Å². The molecule has 0 aromatic heterocycles. The molecule has 0 heterocycles. The van der Waals surface area contributed by atoms with Crippen molar-refractivity contribution >= 4 is 0 Å². The maximum absolute atomic E-state index is 5.58. The summed E-state index contributed by atoms with van der Waals surface area (Å²) in [6.45, 7) is 2.44.